The molecular formula is C8H14F2O2. The van der Waals surface area contributed by atoms with Crippen LogP contribution in [0.1, 0.15) is 27.7 Å². The molecule has 2 unspecified atom stereocenters. The second kappa shape index (κ2) is 4.95. The van der Waals surface area contributed by atoms with Crippen molar-refractivity contribution in [1.29, 1.82) is 0 Å². The fraction of sp³-hybridized carbons (Fsp3) is 0.750. The van der Waals surface area contributed by atoms with Crippen molar-refractivity contribution >= 4 is 0 Å². The van der Waals surface area contributed by atoms with Crippen molar-refractivity contribution in [3.63, 3.8) is 0 Å². The van der Waals surface area contributed by atoms with E-state index in [1.165, 1.54) is 13.8 Å². The number of allylic oxidation sites excluding steroid dienone is 1. The van der Waals surface area contributed by atoms with E-state index < -0.39 is 18.5 Å². The SMILES string of the molecule is CC.CC1=C(F)OC(C)C(F)O1. The Morgan fingerprint density at radius 2 is 1.75 bits per heavy atom. The van der Waals surface area contributed by atoms with Gasteiger partial charge in [-0.2, -0.15) is 8.78 Å². The van der Waals surface area contributed by atoms with Crippen LogP contribution < -0.4 is 0 Å². The Balaban J connectivity index is 0.000000561. The van der Waals surface area contributed by atoms with Gasteiger partial charge in [-0.25, -0.2) is 0 Å². The first-order valence-electron chi connectivity index (χ1n) is 3.95. The molecule has 1 aliphatic rings. The van der Waals surface area contributed by atoms with Crippen molar-refractivity contribution < 1.29 is 18.3 Å². The summed E-state index contributed by atoms with van der Waals surface area (Å²) in [4.78, 5) is 0. The number of ether oxygens (including phenoxy) is 2. The minimum absolute atomic E-state index is 0.134. The highest BCUT2D eigenvalue weighted by Crippen LogP contribution is 2.23. The van der Waals surface area contributed by atoms with Gasteiger partial charge < -0.3 is 9.47 Å². The third-order valence-corrected chi connectivity index (χ3v) is 1.22. The summed E-state index contributed by atoms with van der Waals surface area (Å²) in [6, 6.07) is -0.832. The number of halogens is 2. The largest absolute Gasteiger partial charge is 0.458 e. The summed E-state index contributed by atoms with van der Waals surface area (Å²) in [5.74, 6) is -0.134. The molecule has 0 saturated heterocycles. The van der Waals surface area contributed by atoms with Gasteiger partial charge in [-0.3, -0.25) is 0 Å². The maximum absolute atomic E-state index is 12.5. The van der Waals surface area contributed by atoms with Crippen LogP contribution in [0, 0.1) is 0 Å². The Hall–Kier alpha value is -0.800. The highest BCUT2D eigenvalue weighted by Gasteiger charge is 2.27. The predicted molar refractivity (Wildman–Crippen MR) is 41.7 cm³/mol. The summed E-state index contributed by atoms with van der Waals surface area (Å²) < 4.78 is 33.7. The van der Waals surface area contributed by atoms with Crippen LogP contribution in [-0.4, -0.2) is 12.5 Å². The van der Waals surface area contributed by atoms with Gasteiger partial charge in [0.15, 0.2) is 11.9 Å². The molecule has 0 fully saturated rings. The number of hydrogen-bond donors (Lipinski definition) is 0. The standard InChI is InChI=1S/C6H8F2O2.C2H6/c1-3-5(7)10-4(2)6(8)9-3;1-2/h3,5H,1-2H3;1-2H3. The van der Waals surface area contributed by atoms with Crippen LogP contribution in [0.2, 0.25) is 0 Å². The number of hydrogen-bond acceptors (Lipinski definition) is 2. The zero-order valence-corrected chi connectivity index (χ0v) is 7.73. The van der Waals surface area contributed by atoms with Gasteiger partial charge in [-0.1, -0.05) is 13.8 Å². The Morgan fingerprint density at radius 1 is 1.25 bits per heavy atom. The van der Waals surface area contributed by atoms with E-state index in [0.29, 0.717) is 0 Å². The van der Waals surface area contributed by atoms with Crippen molar-refractivity contribution in [3.05, 3.63) is 11.8 Å². The van der Waals surface area contributed by atoms with Gasteiger partial charge in [-0.15, -0.1) is 0 Å². The molecule has 0 aromatic heterocycles. The summed E-state index contributed by atoms with van der Waals surface area (Å²) >= 11 is 0. The van der Waals surface area contributed by atoms with E-state index in [9.17, 15) is 8.78 Å². The van der Waals surface area contributed by atoms with Crippen molar-refractivity contribution in [2.24, 2.45) is 0 Å². The third-order valence-electron chi connectivity index (χ3n) is 1.22. The molecule has 2 atom stereocenters. The Labute approximate surface area is 71.2 Å². The van der Waals surface area contributed by atoms with E-state index in [0.717, 1.165) is 0 Å². The molecule has 2 nitrogen and oxygen atoms in total. The van der Waals surface area contributed by atoms with E-state index in [1.54, 1.807) is 0 Å². The molecule has 0 aromatic carbocycles. The first kappa shape index (κ1) is 11.2. The Morgan fingerprint density at radius 3 is 2.17 bits per heavy atom. The van der Waals surface area contributed by atoms with Crippen molar-refractivity contribution in [1.82, 2.24) is 0 Å². The highest BCUT2D eigenvalue weighted by molar-refractivity contribution is 4.94. The first-order valence-corrected chi connectivity index (χ1v) is 3.95. The van der Waals surface area contributed by atoms with Gasteiger partial charge in [0.2, 0.25) is 0 Å². The van der Waals surface area contributed by atoms with Crippen molar-refractivity contribution in [3.8, 4) is 0 Å². The lowest BCUT2D eigenvalue weighted by Gasteiger charge is -2.24. The average molecular weight is 180 g/mol. The molecule has 72 valence electrons. The van der Waals surface area contributed by atoms with Crippen LogP contribution in [0.25, 0.3) is 0 Å². The van der Waals surface area contributed by atoms with Crippen LogP contribution in [0.4, 0.5) is 8.78 Å². The molecule has 1 rings (SSSR count). The minimum atomic E-state index is -1.56. The summed E-state index contributed by atoms with van der Waals surface area (Å²) in [5.41, 5.74) is 0. The summed E-state index contributed by atoms with van der Waals surface area (Å²) in [6.45, 7) is 6.71. The summed E-state index contributed by atoms with van der Waals surface area (Å²) in [6.07, 6.45) is -2.41. The van der Waals surface area contributed by atoms with E-state index in [-0.39, 0.29) is 5.76 Å². The molecule has 0 N–H and O–H groups in total. The van der Waals surface area contributed by atoms with Crippen molar-refractivity contribution in [2.75, 3.05) is 0 Å². The van der Waals surface area contributed by atoms with Crippen LogP contribution in [0.5, 0.6) is 0 Å². The topological polar surface area (TPSA) is 18.5 Å². The molecule has 0 aliphatic carbocycles. The summed E-state index contributed by atoms with van der Waals surface area (Å²) in [7, 11) is 0. The molecule has 12 heavy (non-hydrogen) atoms. The van der Waals surface area contributed by atoms with Crippen molar-refractivity contribution in [2.45, 2.75) is 40.2 Å². The number of rotatable bonds is 0. The summed E-state index contributed by atoms with van der Waals surface area (Å²) in [5, 5.41) is 0. The van der Waals surface area contributed by atoms with Crippen LogP contribution >= 0.6 is 0 Å². The van der Waals surface area contributed by atoms with E-state index in [4.69, 9.17) is 0 Å². The molecule has 1 heterocycles. The van der Waals surface area contributed by atoms with Crippen LogP contribution in [0.15, 0.2) is 11.8 Å². The lowest BCUT2D eigenvalue weighted by atomic mass is 10.4. The molecular weight excluding hydrogens is 166 g/mol. The van der Waals surface area contributed by atoms with Gasteiger partial charge in [0, 0.05) is 0 Å². The van der Waals surface area contributed by atoms with Gasteiger partial charge in [0.1, 0.15) is 0 Å². The molecule has 0 bridgehead atoms. The van der Waals surface area contributed by atoms with Crippen LogP contribution in [-0.2, 0) is 9.47 Å². The normalized spacial score (nSPS) is 28.2. The highest BCUT2D eigenvalue weighted by atomic mass is 19.2. The molecule has 4 heteroatoms. The van der Waals surface area contributed by atoms with Gasteiger partial charge in [-0.05, 0) is 13.8 Å². The number of alkyl halides is 1. The minimum Gasteiger partial charge on any atom is -0.458 e. The lowest BCUT2D eigenvalue weighted by molar-refractivity contribution is -0.135. The molecule has 0 spiro atoms. The molecule has 0 radical (unpaired) electrons. The van der Waals surface area contributed by atoms with Crippen LogP contribution in [0.3, 0.4) is 0 Å². The fourth-order valence-electron chi connectivity index (χ4n) is 0.611. The molecule has 1 aliphatic heterocycles. The maximum atomic E-state index is 12.5. The quantitative estimate of drug-likeness (QED) is 0.570. The zero-order valence-electron chi connectivity index (χ0n) is 7.73. The molecule has 0 saturated carbocycles. The molecule has 0 amide bonds. The zero-order chi connectivity index (χ0) is 9.72. The second-order valence-electron chi connectivity index (χ2n) is 2.12. The maximum Gasteiger partial charge on any atom is 0.311 e. The van der Waals surface area contributed by atoms with Gasteiger partial charge >= 0.3 is 6.01 Å². The second-order valence-corrected chi connectivity index (χ2v) is 2.12. The Bertz CT molecular complexity index is 150. The van der Waals surface area contributed by atoms with E-state index in [2.05, 4.69) is 9.47 Å². The van der Waals surface area contributed by atoms with E-state index in [1.807, 2.05) is 13.8 Å². The van der Waals surface area contributed by atoms with Gasteiger partial charge in [0.05, 0.1) is 0 Å². The van der Waals surface area contributed by atoms with Gasteiger partial charge in [0.25, 0.3) is 6.36 Å². The Kier molecular flexibility index (Phi) is 4.62. The fourth-order valence-corrected chi connectivity index (χ4v) is 0.611. The molecule has 0 aromatic rings. The van der Waals surface area contributed by atoms with E-state index >= 15 is 0 Å². The lowest BCUT2D eigenvalue weighted by Crippen LogP contribution is -2.28. The average Bonchev–Trinajstić information content (AvgIpc) is 2.05. The third kappa shape index (κ3) is 2.68. The smallest absolute Gasteiger partial charge is 0.311 e. The monoisotopic (exact) mass is 180 g/mol. The predicted octanol–water partition coefficient (Wildman–Crippen LogP) is 2.90. The first-order chi connectivity index (χ1) is 5.61.